The summed E-state index contributed by atoms with van der Waals surface area (Å²) < 4.78 is 20.7. The van der Waals surface area contributed by atoms with Gasteiger partial charge in [0.15, 0.2) is 0 Å². The number of hydrogen-bond acceptors (Lipinski definition) is 2. The SMILES string of the molecule is Cn1nc(COc2ccc(Cl)c(F)c2)c2ccccc21. The van der Waals surface area contributed by atoms with Gasteiger partial charge in [0.25, 0.3) is 0 Å². The van der Waals surface area contributed by atoms with Gasteiger partial charge < -0.3 is 4.74 Å². The highest BCUT2D eigenvalue weighted by molar-refractivity contribution is 6.30. The van der Waals surface area contributed by atoms with Crippen molar-refractivity contribution in [1.82, 2.24) is 9.78 Å². The van der Waals surface area contributed by atoms with Crippen molar-refractivity contribution in [2.45, 2.75) is 6.61 Å². The van der Waals surface area contributed by atoms with E-state index in [1.54, 1.807) is 10.7 Å². The van der Waals surface area contributed by atoms with Gasteiger partial charge >= 0.3 is 0 Å². The summed E-state index contributed by atoms with van der Waals surface area (Å²) in [7, 11) is 1.88. The van der Waals surface area contributed by atoms with Crippen molar-refractivity contribution < 1.29 is 9.13 Å². The van der Waals surface area contributed by atoms with Gasteiger partial charge in [0.2, 0.25) is 0 Å². The first-order valence-electron chi connectivity index (χ1n) is 6.13. The molecular formula is C15H12ClFN2O. The number of halogens is 2. The lowest BCUT2D eigenvalue weighted by Crippen LogP contribution is -1.98. The minimum absolute atomic E-state index is 0.0839. The van der Waals surface area contributed by atoms with Crippen LogP contribution in [-0.4, -0.2) is 9.78 Å². The standard InChI is InChI=1S/C15H12ClFN2O/c1-19-15-5-3-2-4-11(15)14(18-19)9-20-10-6-7-12(16)13(17)8-10/h2-8H,9H2,1H3. The number of benzene rings is 2. The van der Waals surface area contributed by atoms with Crippen LogP contribution in [0.2, 0.25) is 5.02 Å². The van der Waals surface area contributed by atoms with E-state index < -0.39 is 5.82 Å². The first-order chi connectivity index (χ1) is 9.65. The first-order valence-corrected chi connectivity index (χ1v) is 6.51. The molecule has 0 spiro atoms. The minimum Gasteiger partial charge on any atom is -0.487 e. The molecule has 3 aromatic rings. The summed E-state index contributed by atoms with van der Waals surface area (Å²) in [6.07, 6.45) is 0. The number of aromatic nitrogens is 2. The lowest BCUT2D eigenvalue weighted by molar-refractivity contribution is 0.300. The van der Waals surface area contributed by atoms with Crippen LogP contribution in [0, 0.1) is 5.82 Å². The molecule has 1 heterocycles. The Morgan fingerprint density at radius 3 is 2.85 bits per heavy atom. The van der Waals surface area contributed by atoms with Crippen LogP contribution in [0.15, 0.2) is 42.5 Å². The number of rotatable bonds is 3. The molecule has 3 rings (SSSR count). The zero-order chi connectivity index (χ0) is 14.1. The minimum atomic E-state index is -0.491. The predicted molar refractivity (Wildman–Crippen MR) is 76.5 cm³/mol. The van der Waals surface area contributed by atoms with Crippen molar-refractivity contribution in [3.05, 3.63) is 59.0 Å². The zero-order valence-electron chi connectivity index (χ0n) is 10.8. The van der Waals surface area contributed by atoms with E-state index >= 15 is 0 Å². The zero-order valence-corrected chi connectivity index (χ0v) is 11.6. The predicted octanol–water partition coefficient (Wildman–Crippen LogP) is 3.94. The second kappa shape index (κ2) is 5.13. The largest absolute Gasteiger partial charge is 0.487 e. The van der Waals surface area contributed by atoms with E-state index in [1.807, 2.05) is 31.3 Å². The van der Waals surface area contributed by atoms with Crippen molar-refractivity contribution >= 4 is 22.5 Å². The molecule has 0 saturated heterocycles. The molecule has 0 atom stereocenters. The molecule has 2 aromatic carbocycles. The van der Waals surface area contributed by atoms with Gasteiger partial charge in [0.1, 0.15) is 23.9 Å². The Labute approximate surface area is 120 Å². The van der Waals surface area contributed by atoms with Crippen LogP contribution in [0.3, 0.4) is 0 Å². The quantitative estimate of drug-likeness (QED) is 0.730. The Hall–Kier alpha value is -2.07. The fourth-order valence-electron chi connectivity index (χ4n) is 2.11. The van der Waals surface area contributed by atoms with E-state index in [1.165, 1.54) is 12.1 Å². The van der Waals surface area contributed by atoms with Crippen molar-refractivity contribution in [1.29, 1.82) is 0 Å². The van der Waals surface area contributed by atoms with E-state index in [0.29, 0.717) is 5.75 Å². The van der Waals surface area contributed by atoms with E-state index in [0.717, 1.165) is 16.6 Å². The third kappa shape index (κ3) is 2.34. The Bertz CT molecular complexity index is 770. The highest BCUT2D eigenvalue weighted by Crippen LogP contribution is 2.23. The van der Waals surface area contributed by atoms with Crippen LogP contribution in [0.25, 0.3) is 10.9 Å². The van der Waals surface area contributed by atoms with Gasteiger partial charge in [-0.15, -0.1) is 0 Å². The third-order valence-electron chi connectivity index (χ3n) is 3.10. The molecule has 0 radical (unpaired) electrons. The monoisotopic (exact) mass is 290 g/mol. The summed E-state index contributed by atoms with van der Waals surface area (Å²) in [6.45, 7) is 0.280. The highest BCUT2D eigenvalue weighted by atomic mass is 35.5. The molecule has 0 amide bonds. The second-order valence-electron chi connectivity index (χ2n) is 4.45. The molecule has 0 saturated carbocycles. The molecule has 0 fully saturated rings. The van der Waals surface area contributed by atoms with Crippen molar-refractivity contribution in [3.8, 4) is 5.75 Å². The molecular weight excluding hydrogens is 279 g/mol. The van der Waals surface area contributed by atoms with Gasteiger partial charge in [-0.1, -0.05) is 29.8 Å². The molecule has 1 aromatic heterocycles. The number of hydrogen-bond donors (Lipinski definition) is 0. The number of aryl methyl sites for hydroxylation is 1. The van der Waals surface area contributed by atoms with E-state index in [4.69, 9.17) is 16.3 Å². The van der Waals surface area contributed by atoms with E-state index in [9.17, 15) is 4.39 Å². The molecule has 0 aliphatic rings. The Kier molecular flexibility index (Phi) is 3.32. The fourth-order valence-corrected chi connectivity index (χ4v) is 2.23. The lowest BCUT2D eigenvalue weighted by Gasteiger charge is -2.05. The number of para-hydroxylation sites is 1. The van der Waals surface area contributed by atoms with Gasteiger partial charge in [0, 0.05) is 18.5 Å². The normalized spacial score (nSPS) is 10.9. The number of nitrogens with zero attached hydrogens (tertiary/aromatic N) is 2. The van der Waals surface area contributed by atoms with Crippen molar-refractivity contribution in [2.75, 3.05) is 0 Å². The van der Waals surface area contributed by atoms with Crippen LogP contribution in [0.1, 0.15) is 5.69 Å². The molecule has 0 aliphatic heterocycles. The summed E-state index contributed by atoms with van der Waals surface area (Å²) in [5, 5.41) is 5.53. The highest BCUT2D eigenvalue weighted by Gasteiger charge is 2.09. The summed E-state index contributed by atoms with van der Waals surface area (Å²) >= 11 is 5.63. The molecule has 5 heteroatoms. The van der Waals surface area contributed by atoms with Crippen LogP contribution < -0.4 is 4.74 Å². The average molecular weight is 291 g/mol. The Morgan fingerprint density at radius 1 is 1.25 bits per heavy atom. The van der Waals surface area contributed by atoms with Crippen LogP contribution in [0.5, 0.6) is 5.75 Å². The second-order valence-corrected chi connectivity index (χ2v) is 4.86. The summed E-state index contributed by atoms with van der Waals surface area (Å²) in [5.41, 5.74) is 1.85. The summed E-state index contributed by atoms with van der Waals surface area (Å²) in [4.78, 5) is 0. The van der Waals surface area contributed by atoms with Gasteiger partial charge in [0.05, 0.1) is 10.5 Å². The molecule has 0 aliphatic carbocycles. The van der Waals surface area contributed by atoms with Gasteiger partial charge in [-0.2, -0.15) is 5.10 Å². The lowest BCUT2D eigenvalue weighted by atomic mass is 10.2. The van der Waals surface area contributed by atoms with Gasteiger partial charge in [-0.3, -0.25) is 4.68 Å². The van der Waals surface area contributed by atoms with Crippen LogP contribution in [-0.2, 0) is 13.7 Å². The van der Waals surface area contributed by atoms with E-state index in [-0.39, 0.29) is 11.6 Å². The third-order valence-corrected chi connectivity index (χ3v) is 3.41. The average Bonchev–Trinajstić information content (AvgIpc) is 2.78. The van der Waals surface area contributed by atoms with E-state index in [2.05, 4.69) is 5.10 Å². The maximum absolute atomic E-state index is 13.3. The number of fused-ring (bicyclic) bond motifs is 1. The fraction of sp³-hybridized carbons (Fsp3) is 0.133. The number of ether oxygens (including phenoxy) is 1. The van der Waals surface area contributed by atoms with Crippen LogP contribution in [0.4, 0.5) is 4.39 Å². The smallest absolute Gasteiger partial charge is 0.145 e. The molecule has 0 N–H and O–H groups in total. The van der Waals surface area contributed by atoms with Gasteiger partial charge in [-0.25, -0.2) is 4.39 Å². The molecule has 20 heavy (non-hydrogen) atoms. The Morgan fingerprint density at radius 2 is 2.05 bits per heavy atom. The van der Waals surface area contributed by atoms with Gasteiger partial charge in [-0.05, 0) is 18.2 Å². The van der Waals surface area contributed by atoms with Crippen LogP contribution >= 0.6 is 11.6 Å². The first kappa shape index (κ1) is 12.9. The topological polar surface area (TPSA) is 27.1 Å². The molecule has 102 valence electrons. The molecule has 0 unspecified atom stereocenters. The maximum atomic E-state index is 13.3. The van der Waals surface area contributed by atoms with Crippen molar-refractivity contribution in [2.24, 2.45) is 7.05 Å². The molecule has 0 bridgehead atoms. The Balaban J connectivity index is 1.85. The molecule has 3 nitrogen and oxygen atoms in total. The van der Waals surface area contributed by atoms with Crippen molar-refractivity contribution in [3.63, 3.8) is 0 Å². The maximum Gasteiger partial charge on any atom is 0.145 e. The summed E-state index contributed by atoms with van der Waals surface area (Å²) in [5.74, 6) is -0.0586. The summed E-state index contributed by atoms with van der Waals surface area (Å²) in [6, 6.07) is 12.3.